The van der Waals surface area contributed by atoms with Gasteiger partial charge in [-0.25, -0.2) is 12.8 Å². The normalized spacial score (nSPS) is 13.1. The molecular weight excluding hydrogens is 404 g/mol. The summed E-state index contributed by atoms with van der Waals surface area (Å²) in [6.07, 6.45) is -4.71. The van der Waals surface area contributed by atoms with E-state index >= 15 is 0 Å². The van der Waals surface area contributed by atoms with E-state index in [1.54, 1.807) is 0 Å². The fraction of sp³-hybridized carbons (Fsp3) is 0.235. The minimum absolute atomic E-state index is 0.163. The molecule has 0 aliphatic heterocycles. The number of anilines is 1. The van der Waals surface area contributed by atoms with Crippen LogP contribution >= 0.6 is 0 Å². The monoisotopic (exact) mass is 420 g/mol. The number of hydrogen-bond donors (Lipinski definition) is 2. The van der Waals surface area contributed by atoms with Crippen LogP contribution in [0.25, 0.3) is 0 Å². The SMILES string of the molecule is COc1ccc(F)cc1S(=O)(=O)NC(C)C(=O)Nc1ccccc1C(F)(F)F. The van der Waals surface area contributed by atoms with Gasteiger partial charge in [-0.3, -0.25) is 4.79 Å². The molecule has 0 aliphatic rings. The summed E-state index contributed by atoms with van der Waals surface area (Å²) in [7, 11) is -3.22. The average Bonchev–Trinajstić information content (AvgIpc) is 2.60. The highest BCUT2D eigenvalue weighted by Gasteiger charge is 2.34. The zero-order chi connectivity index (χ0) is 21.1. The number of ether oxygens (including phenoxy) is 1. The molecule has 0 heterocycles. The lowest BCUT2D eigenvalue weighted by atomic mass is 10.1. The number of rotatable bonds is 6. The Morgan fingerprint density at radius 3 is 2.39 bits per heavy atom. The Morgan fingerprint density at radius 2 is 1.79 bits per heavy atom. The molecule has 0 aliphatic carbocycles. The van der Waals surface area contributed by atoms with E-state index in [1.165, 1.54) is 13.2 Å². The molecule has 2 aromatic rings. The first-order valence-electron chi connectivity index (χ1n) is 7.78. The van der Waals surface area contributed by atoms with Gasteiger partial charge >= 0.3 is 6.18 Å². The Balaban J connectivity index is 2.23. The molecule has 0 aromatic heterocycles. The second kappa shape index (κ2) is 8.15. The number of sulfonamides is 1. The van der Waals surface area contributed by atoms with Gasteiger partial charge in [0.25, 0.3) is 0 Å². The molecule has 28 heavy (non-hydrogen) atoms. The molecule has 2 aromatic carbocycles. The van der Waals surface area contributed by atoms with E-state index in [-0.39, 0.29) is 5.75 Å². The zero-order valence-corrected chi connectivity index (χ0v) is 15.5. The zero-order valence-electron chi connectivity index (χ0n) is 14.7. The van der Waals surface area contributed by atoms with Crippen LogP contribution < -0.4 is 14.8 Å². The number of benzene rings is 2. The first-order chi connectivity index (χ1) is 13.0. The summed E-state index contributed by atoms with van der Waals surface area (Å²) in [6.45, 7) is 1.13. The highest BCUT2D eigenvalue weighted by molar-refractivity contribution is 7.89. The van der Waals surface area contributed by atoms with Crippen molar-refractivity contribution in [3.8, 4) is 5.75 Å². The summed E-state index contributed by atoms with van der Waals surface area (Å²) in [4.78, 5) is 11.7. The van der Waals surface area contributed by atoms with Crippen molar-refractivity contribution in [3.05, 3.63) is 53.8 Å². The van der Waals surface area contributed by atoms with Gasteiger partial charge in [0.1, 0.15) is 16.5 Å². The van der Waals surface area contributed by atoms with Crippen molar-refractivity contribution in [2.24, 2.45) is 0 Å². The van der Waals surface area contributed by atoms with E-state index in [9.17, 15) is 30.8 Å². The minimum Gasteiger partial charge on any atom is -0.495 e. The van der Waals surface area contributed by atoms with Crippen LogP contribution in [-0.2, 0) is 21.0 Å². The number of para-hydroxylation sites is 1. The van der Waals surface area contributed by atoms with Crippen LogP contribution in [0.4, 0.5) is 23.2 Å². The van der Waals surface area contributed by atoms with Gasteiger partial charge in [-0.05, 0) is 37.3 Å². The second-order valence-corrected chi connectivity index (χ2v) is 7.35. The lowest BCUT2D eigenvalue weighted by molar-refractivity contribution is -0.137. The second-order valence-electron chi connectivity index (χ2n) is 5.67. The van der Waals surface area contributed by atoms with E-state index in [4.69, 9.17) is 4.74 Å². The number of halogens is 4. The number of nitrogens with one attached hydrogen (secondary N) is 2. The van der Waals surface area contributed by atoms with Crippen molar-refractivity contribution in [2.75, 3.05) is 12.4 Å². The predicted molar refractivity (Wildman–Crippen MR) is 92.8 cm³/mol. The van der Waals surface area contributed by atoms with Crippen LogP contribution in [0.15, 0.2) is 47.4 Å². The lowest BCUT2D eigenvalue weighted by Gasteiger charge is -2.18. The Morgan fingerprint density at radius 1 is 1.14 bits per heavy atom. The molecule has 0 radical (unpaired) electrons. The third-order valence-corrected chi connectivity index (χ3v) is 5.19. The Kier molecular flexibility index (Phi) is 6.30. The molecule has 1 unspecified atom stereocenters. The summed E-state index contributed by atoms with van der Waals surface area (Å²) in [5, 5.41) is 2.04. The molecule has 152 valence electrons. The van der Waals surface area contributed by atoms with E-state index in [0.717, 1.165) is 37.3 Å². The van der Waals surface area contributed by atoms with Crippen molar-refractivity contribution in [1.29, 1.82) is 0 Å². The van der Waals surface area contributed by atoms with Crippen LogP contribution in [0, 0.1) is 5.82 Å². The Labute approximate surface area is 158 Å². The maximum atomic E-state index is 13.4. The molecule has 0 saturated carbocycles. The van der Waals surface area contributed by atoms with Gasteiger partial charge in [0.15, 0.2) is 0 Å². The maximum Gasteiger partial charge on any atom is 0.418 e. The molecule has 0 bridgehead atoms. The molecule has 2 N–H and O–H groups in total. The van der Waals surface area contributed by atoms with Gasteiger partial charge in [0.2, 0.25) is 15.9 Å². The largest absolute Gasteiger partial charge is 0.495 e. The lowest BCUT2D eigenvalue weighted by Crippen LogP contribution is -2.41. The van der Waals surface area contributed by atoms with Gasteiger partial charge in [-0.15, -0.1) is 0 Å². The smallest absolute Gasteiger partial charge is 0.418 e. The third-order valence-electron chi connectivity index (χ3n) is 3.63. The van der Waals surface area contributed by atoms with Crippen LogP contribution in [-0.4, -0.2) is 27.5 Å². The molecule has 2 rings (SSSR count). The highest BCUT2D eigenvalue weighted by atomic mass is 32.2. The molecule has 0 fully saturated rings. The topological polar surface area (TPSA) is 84.5 Å². The number of carbonyl (C=O) groups excluding carboxylic acids is 1. The van der Waals surface area contributed by atoms with Gasteiger partial charge < -0.3 is 10.1 Å². The number of amides is 1. The average molecular weight is 420 g/mol. The fourth-order valence-corrected chi connectivity index (χ4v) is 3.67. The quantitative estimate of drug-likeness (QED) is 0.704. The summed E-state index contributed by atoms with van der Waals surface area (Å²) < 4.78 is 84.2. The summed E-state index contributed by atoms with van der Waals surface area (Å²) >= 11 is 0. The van der Waals surface area contributed by atoms with E-state index in [2.05, 4.69) is 0 Å². The maximum absolute atomic E-state index is 13.4. The Hall–Kier alpha value is -2.66. The molecule has 1 atom stereocenters. The van der Waals surface area contributed by atoms with Crippen molar-refractivity contribution >= 4 is 21.6 Å². The summed E-state index contributed by atoms with van der Waals surface area (Å²) in [5.41, 5.74) is -1.60. The molecule has 6 nitrogen and oxygen atoms in total. The van der Waals surface area contributed by atoms with Gasteiger partial charge in [0, 0.05) is 0 Å². The standard InChI is InChI=1S/C17H16F4N2O4S/c1-10(16(24)22-13-6-4-3-5-12(13)17(19,20)21)23-28(25,26)15-9-11(18)7-8-14(15)27-2/h3-10,23H,1-2H3,(H,22,24). The minimum atomic E-state index is -4.71. The number of carbonyl (C=O) groups is 1. The molecule has 0 saturated heterocycles. The molecule has 11 heteroatoms. The van der Waals surface area contributed by atoms with Gasteiger partial charge in [-0.1, -0.05) is 12.1 Å². The highest BCUT2D eigenvalue weighted by Crippen LogP contribution is 2.34. The Bertz CT molecular complexity index is 977. The van der Waals surface area contributed by atoms with E-state index in [1.807, 2.05) is 10.0 Å². The van der Waals surface area contributed by atoms with Crippen LogP contribution in [0.5, 0.6) is 5.75 Å². The summed E-state index contributed by atoms with van der Waals surface area (Å²) in [5.74, 6) is -2.04. The summed E-state index contributed by atoms with van der Waals surface area (Å²) in [6, 6.07) is 5.58. The first kappa shape index (κ1) is 21.6. The predicted octanol–water partition coefficient (Wildman–Crippen LogP) is 3.16. The first-order valence-corrected chi connectivity index (χ1v) is 9.27. The van der Waals surface area contributed by atoms with Gasteiger partial charge in [0.05, 0.1) is 24.4 Å². The van der Waals surface area contributed by atoms with Crippen molar-refractivity contribution in [1.82, 2.24) is 4.72 Å². The van der Waals surface area contributed by atoms with Crippen molar-refractivity contribution in [3.63, 3.8) is 0 Å². The molecular formula is C17H16F4N2O4S. The third kappa shape index (κ3) is 4.98. The van der Waals surface area contributed by atoms with Crippen molar-refractivity contribution in [2.45, 2.75) is 24.0 Å². The van der Waals surface area contributed by atoms with Crippen LogP contribution in [0.2, 0.25) is 0 Å². The number of alkyl halides is 3. The fourth-order valence-electron chi connectivity index (χ4n) is 2.29. The van der Waals surface area contributed by atoms with Crippen molar-refractivity contribution < 1.29 is 35.5 Å². The van der Waals surface area contributed by atoms with Crippen LogP contribution in [0.1, 0.15) is 12.5 Å². The van der Waals surface area contributed by atoms with E-state index < -0.39 is 50.1 Å². The molecule has 1 amide bonds. The van der Waals surface area contributed by atoms with E-state index in [0.29, 0.717) is 6.07 Å². The molecule has 0 spiro atoms. The number of methoxy groups -OCH3 is 1. The number of hydrogen-bond acceptors (Lipinski definition) is 4. The van der Waals surface area contributed by atoms with Crippen LogP contribution in [0.3, 0.4) is 0 Å². The van der Waals surface area contributed by atoms with Gasteiger partial charge in [-0.2, -0.15) is 17.9 Å².